The molecule has 2 rings (SSSR count). The van der Waals surface area contributed by atoms with Crippen LogP contribution in [0.4, 0.5) is 0 Å². The van der Waals surface area contributed by atoms with Gasteiger partial charge in [0.05, 0.1) is 18.4 Å². The highest BCUT2D eigenvalue weighted by Gasteiger charge is 2.12. The Morgan fingerprint density at radius 1 is 1.41 bits per heavy atom. The first-order valence-corrected chi connectivity index (χ1v) is 5.59. The van der Waals surface area contributed by atoms with Gasteiger partial charge in [-0.05, 0) is 17.4 Å². The second-order valence-electron chi connectivity index (χ2n) is 4.32. The third kappa shape index (κ3) is 2.50. The summed E-state index contributed by atoms with van der Waals surface area (Å²) in [5, 5.41) is 19.3. The van der Waals surface area contributed by atoms with Crippen molar-refractivity contribution in [2.75, 3.05) is 0 Å². The molecule has 0 unspecified atom stereocenters. The van der Waals surface area contributed by atoms with Crippen LogP contribution in [0.3, 0.4) is 0 Å². The first kappa shape index (κ1) is 11.7. The zero-order valence-electron chi connectivity index (χ0n) is 10.5. The Morgan fingerprint density at radius 3 is 2.76 bits per heavy atom. The van der Waals surface area contributed by atoms with E-state index in [0.717, 1.165) is 17.2 Å². The highest BCUT2D eigenvalue weighted by atomic mass is 15.6. The zero-order valence-corrected chi connectivity index (χ0v) is 10.5. The van der Waals surface area contributed by atoms with E-state index in [1.807, 2.05) is 20.2 Å². The third-order valence-electron chi connectivity index (χ3n) is 2.42. The van der Waals surface area contributed by atoms with E-state index < -0.39 is 0 Å². The van der Waals surface area contributed by atoms with Crippen LogP contribution in [0, 0.1) is 6.92 Å². The Balaban J connectivity index is 2.27. The van der Waals surface area contributed by atoms with Crippen LogP contribution in [0.15, 0.2) is 6.20 Å². The normalized spacial score (nSPS) is 11.4. The van der Waals surface area contributed by atoms with Crippen LogP contribution in [0.25, 0.3) is 5.69 Å². The molecule has 1 N–H and O–H groups in total. The lowest BCUT2D eigenvalue weighted by Gasteiger charge is -2.07. The lowest BCUT2D eigenvalue weighted by molar-refractivity contribution is 0.563. The Hall–Kier alpha value is -1.76. The topological polar surface area (TPSA) is 73.5 Å². The molecule has 0 saturated heterocycles. The zero-order chi connectivity index (χ0) is 12.4. The van der Waals surface area contributed by atoms with Crippen LogP contribution < -0.4 is 5.32 Å². The van der Waals surface area contributed by atoms with Crippen LogP contribution in [0.2, 0.25) is 0 Å². The maximum Gasteiger partial charge on any atom is 0.170 e. The van der Waals surface area contributed by atoms with Gasteiger partial charge in [-0.25, -0.2) is 0 Å². The van der Waals surface area contributed by atoms with Gasteiger partial charge < -0.3 is 5.32 Å². The van der Waals surface area contributed by atoms with Crippen LogP contribution in [-0.2, 0) is 13.6 Å². The van der Waals surface area contributed by atoms with Crippen molar-refractivity contribution in [3.8, 4) is 5.69 Å². The van der Waals surface area contributed by atoms with Gasteiger partial charge in [0.2, 0.25) is 0 Å². The van der Waals surface area contributed by atoms with Gasteiger partial charge in [0.1, 0.15) is 5.69 Å². The van der Waals surface area contributed by atoms with Crippen LogP contribution in [0.5, 0.6) is 0 Å². The molecule has 0 bridgehead atoms. The summed E-state index contributed by atoms with van der Waals surface area (Å²) in [6.07, 6.45) is 1.91. The van der Waals surface area contributed by atoms with Crippen LogP contribution in [0.1, 0.15) is 25.4 Å². The number of tetrazole rings is 1. The quantitative estimate of drug-likeness (QED) is 0.819. The lowest BCUT2D eigenvalue weighted by Crippen LogP contribution is -2.24. The Labute approximate surface area is 99.8 Å². The first-order chi connectivity index (χ1) is 8.08. The highest BCUT2D eigenvalue weighted by Crippen LogP contribution is 2.11. The van der Waals surface area contributed by atoms with Crippen molar-refractivity contribution in [2.24, 2.45) is 7.05 Å². The fraction of sp³-hybridized carbons (Fsp3) is 0.600. The van der Waals surface area contributed by atoms with E-state index in [4.69, 9.17) is 0 Å². The van der Waals surface area contributed by atoms with Gasteiger partial charge in [-0.1, -0.05) is 13.8 Å². The molecule has 0 radical (unpaired) electrons. The second-order valence-corrected chi connectivity index (χ2v) is 4.32. The Bertz CT molecular complexity index is 496. The van der Waals surface area contributed by atoms with Crippen molar-refractivity contribution in [3.63, 3.8) is 0 Å². The van der Waals surface area contributed by atoms with Gasteiger partial charge >= 0.3 is 0 Å². The summed E-state index contributed by atoms with van der Waals surface area (Å²) in [5.74, 6) is 0.787. The molecule has 92 valence electrons. The molecule has 2 aromatic rings. The predicted octanol–water partition coefficient (Wildman–Crippen LogP) is 0.202. The monoisotopic (exact) mass is 235 g/mol. The average Bonchev–Trinajstić information content (AvgIpc) is 2.81. The molecule has 0 spiro atoms. The second kappa shape index (κ2) is 4.62. The molecular formula is C10H17N7. The standard InChI is InChI=1S/C10H17N7/c1-7(2)11-5-10-12-14-15-17(10)9-6-16(4)13-8(9)3/h6-7,11H,5H2,1-4H3. The molecule has 2 heterocycles. The first-order valence-electron chi connectivity index (χ1n) is 5.59. The number of hydrogen-bond acceptors (Lipinski definition) is 5. The molecular weight excluding hydrogens is 218 g/mol. The van der Waals surface area contributed by atoms with E-state index in [0.29, 0.717) is 12.6 Å². The summed E-state index contributed by atoms with van der Waals surface area (Å²) in [4.78, 5) is 0. The van der Waals surface area contributed by atoms with Crippen LogP contribution >= 0.6 is 0 Å². The van der Waals surface area contributed by atoms with E-state index >= 15 is 0 Å². The summed E-state index contributed by atoms with van der Waals surface area (Å²) >= 11 is 0. The fourth-order valence-corrected chi connectivity index (χ4v) is 1.59. The van der Waals surface area contributed by atoms with Crippen molar-refractivity contribution in [2.45, 2.75) is 33.4 Å². The molecule has 0 saturated carbocycles. The van der Waals surface area contributed by atoms with Crippen molar-refractivity contribution in [1.82, 2.24) is 35.3 Å². The van der Waals surface area contributed by atoms with Gasteiger partial charge in [0, 0.05) is 13.1 Å². The highest BCUT2D eigenvalue weighted by molar-refractivity contribution is 5.32. The molecule has 7 heteroatoms. The van der Waals surface area contributed by atoms with Gasteiger partial charge in [-0.15, -0.1) is 5.10 Å². The Kier molecular flexibility index (Phi) is 3.19. The van der Waals surface area contributed by atoms with Gasteiger partial charge in [-0.3, -0.25) is 4.68 Å². The molecule has 0 amide bonds. The number of aromatic nitrogens is 6. The van der Waals surface area contributed by atoms with Crippen molar-refractivity contribution >= 4 is 0 Å². The van der Waals surface area contributed by atoms with E-state index in [1.165, 1.54) is 0 Å². The molecule has 0 aliphatic heterocycles. The van der Waals surface area contributed by atoms with Gasteiger partial charge in [-0.2, -0.15) is 9.78 Å². The van der Waals surface area contributed by atoms with Crippen molar-refractivity contribution < 1.29 is 0 Å². The number of hydrogen-bond donors (Lipinski definition) is 1. The van der Waals surface area contributed by atoms with Gasteiger partial charge in [0.25, 0.3) is 0 Å². The summed E-state index contributed by atoms with van der Waals surface area (Å²) in [6.45, 7) is 6.75. The molecule has 0 aliphatic carbocycles. The number of aryl methyl sites for hydroxylation is 2. The Morgan fingerprint density at radius 2 is 2.18 bits per heavy atom. The lowest BCUT2D eigenvalue weighted by atomic mass is 10.3. The molecule has 17 heavy (non-hydrogen) atoms. The maximum absolute atomic E-state index is 4.28. The fourth-order valence-electron chi connectivity index (χ4n) is 1.59. The van der Waals surface area contributed by atoms with Crippen molar-refractivity contribution in [1.29, 1.82) is 0 Å². The number of nitrogens with one attached hydrogen (secondary N) is 1. The van der Waals surface area contributed by atoms with E-state index in [9.17, 15) is 0 Å². The van der Waals surface area contributed by atoms with Crippen molar-refractivity contribution in [3.05, 3.63) is 17.7 Å². The molecule has 0 atom stereocenters. The summed E-state index contributed by atoms with van der Waals surface area (Å²) in [7, 11) is 1.88. The SMILES string of the molecule is Cc1nn(C)cc1-n1nnnc1CNC(C)C. The minimum atomic E-state index is 0.398. The average molecular weight is 235 g/mol. The molecule has 0 fully saturated rings. The maximum atomic E-state index is 4.28. The minimum absolute atomic E-state index is 0.398. The summed E-state index contributed by atoms with van der Waals surface area (Å²) in [5.41, 5.74) is 1.82. The van der Waals surface area contributed by atoms with E-state index in [-0.39, 0.29) is 0 Å². The molecule has 2 aromatic heterocycles. The molecule has 7 nitrogen and oxygen atoms in total. The summed E-state index contributed by atoms with van der Waals surface area (Å²) in [6, 6.07) is 0.398. The van der Waals surface area contributed by atoms with Crippen LogP contribution in [-0.4, -0.2) is 36.0 Å². The predicted molar refractivity (Wildman–Crippen MR) is 62.6 cm³/mol. The number of nitrogens with zero attached hydrogens (tertiary/aromatic N) is 6. The summed E-state index contributed by atoms with van der Waals surface area (Å²) < 4.78 is 3.48. The van der Waals surface area contributed by atoms with E-state index in [2.05, 4.69) is 39.8 Å². The third-order valence-corrected chi connectivity index (χ3v) is 2.42. The smallest absolute Gasteiger partial charge is 0.170 e. The molecule has 0 aromatic carbocycles. The van der Waals surface area contributed by atoms with E-state index in [1.54, 1.807) is 9.36 Å². The van der Waals surface area contributed by atoms with Gasteiger partial charge in [0.15, 0.2) is 5.82 Å². The number of rotatable bonds is 4. The molecule has 0 aliphatic rings. The largest absolute Gasteiger partial charge is 0.308 e. The minimum Gasteiger partial charge on any atom is -0.308 e.